The second-order valence-electron chi connectivity index (χ2n) is 14.6. The van der Waals surface area contributed by atoms with E-state index in [1.807, 2.05) is 67.6 Å². The smallest absolute Gasteiger partial charge is 0.326 e. The van der Waals surface area contributed by atoms with Crippen LogP contribution in [-0.2, 0) is 36.7 Å². The molecule has 2 saturated heterocycles. The lowest BCUT2D eigenvalue weighted by molar-refractivity contribution is -0.231. The number of aliphatic carboxylic acids is 1. The Hall–Kier alpha value is -4.54. The highest BCUT2D eigenvalue weighted by molar-refractivity contribution is 7.15. The molecule has 14 heteroatoms. The van der Waals surface area contributed by atoms with Gasteiger partial charge in [0.25, 0.3) is 0 Å². The van der Waals surface area contributed by atoms with Gasteiger partial charge in [0, 0.05) is 22.7 Å². The van der Waals surface area contributed by atoms with Crippen molar-refractivity contribution >= 4 is 29.2 Å². The van der Waals surface area contributed by atoms with E-state index in [9.17, 15) is 44.3 Å². The quantitative estimate of drug-likeness (QED) is 0.0980. The highest BCUT2D eigenvalue weighted by Crippen LogP contribution is 2.35. The molecular formula is C44H53FN2O10S. The zero-order valence-corrected chi connectivity index (χ0v) is 33.7. The van der Waals surface area contributed by atoms with Crippen LogP contribution in [0, 0.1) is 12.7 Å². The van der Waals surface area contributed by atoms with E-state index in [0.717, 1.165) is 32.0 Å². The van der Waals surface area contributed by atoms with E-state index < -0.39 is 67.2 Å². The molecule has 1 amide bonds. The number of carboxylic acid groups (broad SMARTS) is 1. The van der Waals surface area contributed by atoms with Gasteiger partial charge < -0.3 is 39.9 Å². The number of ether oxygens (including phenoxy) is 2. The summed E-state index contributed by atoms with van der Waals surface area (Å²) in [5.74, 6) is -1.95. The van der Waals surface area contributed by atoms with Crippen LogP contribution in [0.4, 0.5) is 4.39 Å². The maximum absolute atomic E-state index is 13.2. The molecule has 2 fully saturated rings. The van der Waals surface area contributed by atoms with Crippen molar-refractivity contribution in [1.29, 1.82) is 0 Å². The lowest BCUT2D eigenvalue weighted by Crippen LogP contribution is -2.55. The fourth-order valence-electron chi connectivity index (χ4n) is 7.24. The number of hydrogen-bond donors (Lipinski definition) is 6. The lowest BCUT2D eigenvalue weighted by Gasteiger charge is -2.40. The number of carboxylic acids is 1. The number of aliphatic hydroxyl groups excluding tert-OH is 4. The molecule has 312 valence electrons. The summed E-state index contributed by atoms with van der Waals surface area (Å²) in [6, 6.07) is 23.9. The molecule has 6 N–H and O–H groups in total. The Bertz CT molecular complexity index is 1960. The maximum atomic E-state index is 13.2. The van der Waals surface area contributed by atoms with E-state index in [-0.39, 0.29) is 18.3 Å². The first kappa shape index (κ1) is 44.6. The van der Waals surface area contributed by atoms with E-state index in [4.69, 9.17) is 9.47 Å². The normalized spacial score (nSPS) is 22.7. The number of carbonyl (C=O) groups is 3. The number of halogens is 1. The van der Waals surface area contributed by atoms with Gasteiger partial charge in [-0.05, 0) is 98.5 Å². The molecule has 0 spiro atoms. The molecule has 6 rings (SSSR count). The van der Waals surface area contributed by atoms with Crippen LogP contribution >= 0.6 is 11.3 Å². The molecule has 0 unspecified atom stereocenters. The van der Waals surface area contributed by atoms with E-state index in [0.29, 0.717) is 44.2 Å². The van der Waals surface area contributed by atoms with Crippen molar-refractivity contribution in [2.45, 2.75) is 102 Å². The standard InChI is InChI=1S/C24H25FO5S.C20H28N2O5/c1-13-2-3-15(24-23(29)22(28)21(27)19(12-26)30-24)10-16(13)11-18-8-9-20(31-18)14-4-6-17(25)7-5-14;1-3-27-20(26)16(12-11-15-8-5-4-6-9-15)21-14(2)18(23)22-13-7-10-17(22)19(24)25/h2-10,19,21-24,26-29H,11-12H2,1H3;4-6,8-9,14,16-17,21H,3,7,10-13H2,1-2H3,(H,24,25)/t19-,21-,22+,23-,24+;14-,16-,17-/m10/s1. The number of amides is 1. The number of likely N-dealkylation sites (tertiary alicyclic amines) is 1. The first-order chi connectivity index (χ1) is 27.8. The minimum absolute atomic E-state index is 0.262. The molecule has 8 atom stereocenters. The number of nitrogens with zero attached hydrogens (tertiary/aromatic N) is 1. The Kier molecular flexibility index (Phi) is 16.1. The van der Waals surface area contributed by atoms with E-state index in [2.05, 4.69) is 5.32 Å². The summed E-state index contributed by atoms with van der Waals surface area (Å²) in [6.45, 7) is 5.63. The van der Waals surface area contributed by atoms with Crippen molar-refractivity contribution in [3.05, 3.63) is 118 Å². The predicted molar refractivity (Wildman–Crippen MR) is 217 cm³/mol. The number of aliphatic hydroxyl groups is 4. The van der Waals surface area contributed by atoms with Crippen LogP contribution in [-0.4, -0.2) is 111 Å². The van der Waals surface area contributed by atoms with Gasteiger partial charge in [-0.15, -0.1) is 11.3 Å². The van der Waals surface area contributed by atoms with Gasteiger partial charge in [-0.1, -0.05) is 60.7 Å². The van der Waals surface area contributed by atoms with Crippen LogP contribution in [0.3, 0.4) is 0 Å². The third kappa shape index (κ3) is 11.3. The fraction of sp³-hybridized carbons (Fsp3) is 0.432. The lowest BCUT2D eigenvalue weighted by atomic mass is 9.89. The Labute approximate surface area is 341 Å². The molecule has 2 aliphatic heterocycles. The van der Waals surface area contributed by atoms with Crippen molar-refractivity contribution in [2.24, 2.45) is 0 Å². The highest BCUT2D eigenvalue weighted by atomic mass is 32.1. The topological polar surface area (TPSA) is 186 Å². The zero-order valence-electron chi connectivity index (χ0n) is 32.9. The molecule has 4 aromatic rings. The van der Waals surface area contributed by atoms with Gasteiger partial charge in [-0.25, -0.2) is 9.18 Å². The largest absolute Gasteiger partial charge is 0.480 e. The average Bonchev–Trinajstić information content (AvgIpc) is 3.91. The van der Waals surface area contributed by atoms with Crippen molar-refractivity contribution in [2.75, 3.05) is 19.8 Å². The summed E-state index contributed by atoms with van der Waals surface area (Å²) in [4.78, 5) is 39.9. The maximum Gasteiger partial charge on any atom is 0.326 e. The zero-order chi connectivity index (χ0) is 41.9. The SMILES string of the molecule is CCOC(=O)[C@H](CCc1ccccc1)N[C@@H](C)C(=O)N1CCC[C@H]1C(=O)O.Cc1ccc([C@@H]2O[C@H](CO)[C@@H](O)[C@H](O)[C@H]2O)cc1Cc1ccc(-c2ccc(F)cc2)s1. The molecular weight excluding hydrogens is 768 g/mol. The van der Waals surface area contributed by atoms with E-state index in [1.165, 1.54) is 17.0 Å². The number of esters is 1. The molecule has 1 aromatic heterocycles. The molecule has 0 radical (unpaired) electrons. The van der Waals surface area contributed by atoms with E-state index in [1.54, 1.807) is 37.3 Å². The summed E-state index contributed by atoms with van der Waals surface area (Å²) < 4.78 is 24.0. The van der Waals surface area contributed by atoms with Crippen LogP contribution in [0.25, 0.3) is 10.4 Å². The van der Waals surface area contributed by atoms with Gasteiger partial charge in [0.05, 0.1) is 19.3 Å². The average molecular weight is 821 g/mol. The number of aryl methyl sites for hydroxylation is 2. The number of nitrogens with one attached hydrogen (secondary N) is 1. The van der Waals surface area contributed by atoms with Gasteiger partial charge in [0.1, 0.15) is 48.4 Å². The van der Waals surface area contributed by atoms with Crippen LogP contribution in [0.5, 0.6) is 0 Å². The monoisotopic (exact) mass is 820 g/mol. The summed E-state index contributed by atoms with van der Waals surface area (Å²) in [5, 5.41) is 52.3. The highest BCUT2D eigenvalue weighted by Gasteiger charge is 2.44. The van der Waals surface area contributed by atoms with Crippen molar-refractivity contribution < 1.29 is 53.8 Å². The molecule has 58 heavy (non-hydrogen) atoms. The molecule has 0 aliphatic carbocycles. The number of thiophene rings is 1. The first-order valence-electron chi connectivity index (χ1n) is 19.6. The molecule has 3 heterocycles. The minimum Gasteiger partial charge on any atom is -0.480 e. The van der Waals surface area contributed by atoms with Gasteiger partial charge in [0.15, 0.2) is 0 Å². The van der Waals surface area contributed by atoms with Crippen molar-refractivity contribution in [1.82, 2.24) is 10.2 Å². The summed E-state index contributed by atoms with van der Waals surface area (Å²) in [7, 11) is 0. The third-order valence-corrected chi connectivity index (χ3v) is 11.7. The van der Waals surface area contributed by atoms with E-state index >= 15 is 0 Å². The third-order valence-electron chi connectivity index (χ3n) is 10.5. The van der Waals surface area contributed by atoms with Gasteiger partial charge >= 0.3 is 11.9 Å². The van der Waals surface area contributed by atoms with Crippen molar-refractivity contribution in [3.8, 4) is 10.4 Å². The van der Waals surface area contributed by atoms with Crippen LogP contribution in [0.2, 0.25) is 0 Å². The summed E-state index contributed by atoms with van der Waals surface area (Å²) in [5.41, 5.74) is 4.85. The Morgan fingerprint density at radius 1 is 0.983 bits per heavy atom. The Morgan fingerprint density at radius 3 is 2.38 bits per heavy atom. The molecule has 0 bridgehead atoms. The van der Waals surface area contributed by atoms with Crippen LogP contribution < -0.4 is 5.32 Å². The summed E-state index contributed by atoms with van der Waals surface area (Å²) >= 11 is 1.63. The second kappa shape index (κ2) is 20.9. The molecule has 3 aromatic carbocycles. The van der Waals surface area contributed by atoms with Crippen LogP contribution in [0.15, 0.2) is 84.9 Å². The van der Waals surface area contributed by atoms with Gasteiger partial charge in [-0.3, -0.25) is 14.9 Å². The Balaban J connectivity index is 0.000000223. The molecule has 2 aliphatic rings. The second-order valence-corrected chi connectivity index (χ2v) is 15.8. The predicted octanol–water partition coefficient (Wildman–Crippen LogP) is 4.57. The summed E-state index contributed by atoms with van der Waals surface area (Å²) in [6.07, 6.45) is -2.93. The van der Waals surface area contributed by atoms with Crippen LogP contribution in [0.1, 0.15) is 66.3 Å². The number of benzene rings is 3. The minimum atomic E-state index is -1.41. The molecule has 0 saturated carbocycles. The number of hydrogen-bond acceptors (Lipinski definition) is 11. The molecule has 12 nitrogen and oxygen atoms in total. The fourth-order valence-corrected chi connectivity index (χ4v) is 8.28. The Morgan fingerprint density at radius 2 is 1.71 bits per heavy atom. The number of carbonyl (C=O) groups excluding carboxylic acids is 2. The first-order valence-corrected chi connectivity index (χ1v) is 20.4. The van der Waals surface area contributed by atoms with Gasteiger partial charge in [-0.2, -0.15) is 0 Å². The van der Waals surface area contributed by atoms with Gasteiger partial charge in [0.2, 0.25) is 5.91 Å². The number of rotatable bonds is 14. The van der Waals surface area contributed by atoms with Crippen molar-refractivity contribution in [3.63, 3.8) is 0 Å².